The van der Waals surface area contributed by atoms with Crippen LogP contribution in [0.25, 0.3) is 6.08 Å². The number of nitrogens with zero attached hydrogens (tertiary/aromatic N) is 2. The Morgan fingerprint density at radius 2 is 1.42 bits per heavy atom. The third kappa shape index (κ3) is 7.51. The van der Waals surface area contributed by atoms with Gasteiger partial charge in [0.25, 0.3) is 5.91 Å². The second-order valence-corrected chi connectivity index (χ2v) is 10.8. The summed E-state index contributed by atoms with van der Waals surface area (Å²) < 4.78 is 16.7. The van der Waals surface area contributed by atoms with E-state index in [2.05, 4.69) is 0 Å². The van der Waals surface area contributed by atoms with Crippen LogP contribution in [0.1, 0.15) is 37.4 Å². The molecule has 1 aliphatic rings. The molecule has 10 nitrogen and oxygen atoms in total. The number of carboxylic acids is 2. The van der Waals surface area contributed by atoms with Gasteiger partial charge in [0, 0.05) is 0 Å². The maximum absolute atomic E-state index is 13.7. The van der Waals surface area contributed by atoms with E-state index < -0.39 is 11.9 Å². The summed E-state index contributed by atoms with van der Waals surface area (Å²) in [5.74, 6) is -0.641. The van der Waals surface area contributed by atoms with Crippen LogP contribution in [-0.4, -0.2) is 52.3 Å². The first-order valence-electron chi connectivity index (χ1n) is 13.6. The molecule has 1 aliphatic heterocycles. The fourth-order valence-corrected chi connectivity index (χ4v) is 5.38. The highest BCUT2D eigenvalue weighted by Crippen LogP contribution is 2.37. The lowest BCUT2D eigenvalue weighted by atomic mass is 10.1. The first kappa shape index (κ1) is 30.9. The summed E-state index contributed by atoms with van der Waals surface area (Å²) in [6.07, 6.45) is 1.75. The molecule has 11 heteroatoms. The average molecular weight is 625 g/mol. The normalized spacial score (nSPS) is 14.5. The van der Waals surface area contributed by atoms with Gasteiger partial charge in [-0.25, -0.2) is 14.6 Å². The molecule has 2 N–H and O–H groups in total. The summed E-state index contributed by atoms with van der Waals surface area (Å²) in [5.41, 5.74) is 3.24. The fraction of sp³-hybridized carbons (Fsp3) is 0.118. The van der Waals surface area contributed by atoms with Gasteiger partial charge in [0.1, 0.15) is 12.4 Å². The molecule has 228 valence electrons. The van der Waals surface area contributed by atoms with E-state index in [1.54, 1.807) is 84.8 Å². The Labute approximate surface area is 263 Å². The number of hydrogen-bond acceptors (Lipinski definition) is 8. The zero-order chi connectivity index (χ0) is 31.9. The number of hydrogen-bond donors (Lipinski definition) is 2. The van der Waals surface area contributed by atoms with Crippen molar-refractivity contribution in [1.29, 1.82) is 0 Å². The Bertz CT molecular complexity index is 1780. The van der Waals surface area contributed by atoms with Gasteiger partial charge in [0.05, 0.1) is 42.5 Å². The van der Waals surface area contributed by atoms with Crippen LogP contribution in [0, 0.1) is 0 Å². The Kier molecular flexibility index (Phi) is 9.49. The standard InChI is InChI=1S/C34H28N2O8S/c1-42-27-14-12-26(13-15-27)35-34-36(19-21-3-8-24(9-4-21)32(38)39)31(37)30(45-34)18-23-7-16-28(29(17-23)43-2)44-20-22-5-10-25(11-6-22)33(40)41/h3-18H,19-20H2,1-2H3,(H,38,39)(H,40,41)/b30-18-,35-34?. The first-order chi connectivity index (χ1) is 21.7. The number of methoxy groups -OCH3 is 2. The van der Waals surface area contributed by atoms with Gasteiger partial charge in [0.2, 0.25) is 0 Å². The van der Waals surface area contributed by atoms with Crippen molar-refractivity contribution in [2.24, 2.45) is 4.99 Å². The van der Waals surface area contributed by atoms with Crippen LogP contribution in [0.4, 0.5) is 5.69 Å². The number of carboxylic acid groups (broad SMARTS) is 2. The maximum Gasteiger partial charge on any atom is 0.335 e. The van der Waals surface area contributed by atoms with E-state index in [1.165, 1.54) is 43.1 Å². The zero-order valence-electron chi connectivity index (χ0n) is 24.3. The molecule has 0 saturated carbocycles. The van der Waals surface area contributed by atoms with Gasteiger partial charge < -0.3 is 24.4 Å². The molecule has 0 spiro atoms. The highest BCUT2D eigenvalue weighted by atomic mass is 32.2. The Hall–Kier alpha value is -5.55. The number of carbonyl (C=O) groups is 3. The number of benzene rings is 4. The molecule has 0 atom stereocenters. The monoisotopic (exact) mass is 624 g/mol. The predicted molar refractivity (Wildman–Crippen MR) is 170 cm³/mol. The SMILES string of the molecule is COc1ccc(N=C2S/C(=C\c3ccc(OCc4ccc(C(=O)O)cc4)c(OC)c3)C(=O)N2Cc2ccc(C(=O)O)cc2)cc1. The van der Waals surface area contributed by atoms with Gasteiger partial charge in [-0.05, 0) is 95.2 Å². The van der Waals surface area contributed by atoms with E-state index in [0.717, 1.165) is 11.1 Å². The van der Waals surface area contributed by atoms with E-state index in [9.17, 15) is 19.5 Å². The molecule has 5 rings (SSSR count). The molecule has 0 unspecified atom stereocenters. The number of aromatic carboxylic acids is 2. The van der Waals surface area contributed by atoms with E-state index in [-0.39, 0.29) is 30.2 Å². The van der Waals surface area contributed by atoms with E-state index in [4.69, 9.17) is 24.3 Å². The third-order valence-electron chi connectivity index (χ3n) is 6.81. The van der Waals surface area contributed by atoms with Gasteiger partial charge in [0.15, 0.2) is 16.7 Å². The lowest BCUT2D eigenvalue weighted by molar-refractivity contribution is -0.122. The molecular weight excluding hydrogens is 596 g/mol. The number of ether oxygens (including phenoxy) is 3. The minimum absolute atomic E-state index is 0.158. The Morgan fingerprint density at radius 1 is 0.800 bits per heavy atom. The van der Waals surface area contributed by atoms with Crippen molar-refractivity contribution in [3.8, 4) is 17.2 Å². The van der Waals surface area contributed by atoms with Crippen LogP contribution in [0.2, 0.25) is 0 Å². The van der Waals surface area contributed by atoms with Crippen LogP contribution >= 0.6 is 11.8 Å². The van der Waals surface area contributed by atoms with E-state index in [0.29, 0.717) is 38.6 Å². The van der Waals surface area contributed by atoms with Crippen molar-refractivity contribution < 1.29 is 38.8 Å². The lowest BCUT2D eigenvalue weighted by Gasteiger charge is -2.16. The highest BCUT2D eigenvalue weighted by molar-refractivity contribution is 8.18. The molecule has 4 aromatic rings. The highest BCUT2D eigenvalue weighted by Gasteiger charge is 2.33. The van der Waals surface area contributed by atoms with E-state index in [1.807, 2.05) is 0 Å². The first-order valence-corrected chi connectivity index (χ1v) is 14.4. The predicted octanol–water partition coefficient (Wildman–Crippen LogP) is 6.48. The topological polar surface area (TPSA) is 135 Å². The molecule has 1 saturated heterocycles. The van der Waals surface area contributed by atoms with Gasteiger partial charge in [-0.3, -0.25) is 9.69 Å². The number of amidine groups is 1. The summed E-state index contributed by atoms with van der Waals surface area (Å²) in [6, 6.07) is 25.3. The summed E-state index contributed by atoms with van der Waals surface area (Å²) in [4.78, 5) is 42.8. The molecule has 45 heavy (non-hydrogen) atoms. The van der Waals surface area contributed by atoms with Crippen LogP contribution in [0.3, 0.4) is 0 Å². The molecule has 0 bridgehead atoms. The quantitative estimate of drug-likeness (QED) is 0.180. The smallest absolute Gasteiger partial charge is 0.335 e. The molecule has 0 aromatic heterocycles. The fourth-order valence-electron chi connectivity index (χ4n) is 4.38. The van der Waals surface area contributed by atoms with Crippen molar-refractivity contribution in [1.82, 2.24) is 4.90 Å². The third-order valence-corrected chi connectivity index (χ3v) is 7.81. The average Bonchev–Trinajstić information content (AvgIpc) is 3.33. The Balaban J connectivity index is 1.39. The number of carbonyl (C=O) groups excluding carboxylic acids is 1. The van der Waals surface area contributed by atoms with Crippen molar-refractivity contribution in [2.75, 3.05) is 14.2 Å². The summed E-state index contributed by atoms with van der Waals surface area (Å²) >= 11 is 1.23. The van der Waals surface area contributed by atoms with Crippen LogP contribution in [0.5, 0.6) is 17.2 Å². The summed E-state index contributed by atoms with van der Waals surface area (Å²) in [7, 11) is 3.10. The van der Waals surface area contributed by atoms with Crippen molar-refractivity contribution in [3.05, 3.63) is 124 Å². The maximum atomic E-state index is 13.7. The van der Waals surface area contributed by atoms with Gasteiger partial charge in [-0.15, -0.1) is 0 Å². The van der Waals surface area contributed by atoms with Crippen molar-refractivity contribution in [2.45, 2.75) is 13.2 Å². The van der Waals surface area contributed by atoms with Crippen LogP contribution in [-0.2, 0) is 17.9 Å². The lowest BCUT2D eigenvalue weighted by Crippen LogP contribution is -2.28. The zero-order valence-corrected chi connectivity index (χ0v) is 25.1. The second kappa shape index (κ2) is 13.8. The summed E-state index contributed by atoms with van der Waals surface area (Å²) in [6.45, 7) is 0.403. The molecule has 4 aromatic carbocycles. The van der Waals surface area contributed by atoms with Crippen LogP contribution in [0.15, 0.2) is 101 Å². The molecule has 0 aliphatic carbocycles. The number of thioether (sulfide) groups is 1. The molecule has 1 heterocycles. The molecule has 0 radical (unpaired) electrons. The Morgan fingerprint density at radius 3 is 2.00 bits per heavy atom. The largest absolute Gasteiger partial charge is 0.497 e. The molecular formula is C34H28N2O8S. The number of aliphatic imine (C=N–C) groups is 1. The van der Waals surface area contributed by atoms with Crippen molar-refractivity contribution in [3.63, 3.8) is 0 Å². The van der Waals surface area contributed by atoms with Gasteiger partial charge >= 0.3 is 11.9 Å². The number of rotatable bonds is 11. The molecule has 1 fully saturated rings. The molecule has 1 amide bonds. The van der Waals surface area contributed by atoms with Gasteiger partial charge in [-0.1, -0.05) is 30.3 Å². The van der Waals surface area contributed by atoms with E-state index >= 15 is 0 Å². The minimum atomic E-state index is -1.03. The van der Waals surface area contributed by atoms with Crippen molar-refractivity contribution >= 4 is 46.5 Å². The minimum Gasteiger partial charge on any atom is -0.497 e. The summed E-state index contributed by atoms with van der Waals surface area (Å²) in [5, 5.41) is 18.8. The number of amides is 1. The van der Waals surface area contributed by atoms with Gasteiger partial charge in [-0.2, -0.15) is 0 Å². The second-order valence-electron chi connectivity index (χ2n) is 9.80. The van der Waals surface area contributed by atoms with Crippen LogP contribution < -0.4 is 14.2 Å².